The lowest BCUT2D eigenvalue weighted by molar-refractivity contribution is 0.103. The monoisotopic (exact) mass is 226 g/mol. The molecule has 0 N–H and O–H groups in total. The number of fused-ring (bicyclic) bond motifs is 1. The van der Waals surface area contributed by atoms with Gasteiger partial charge < -0.3 is 0 Å². The minimum atomic E-state index is 0.000273. The molecule has 2 rings (SSSR count). The Balaban J connectivity index is 2.61. The molecule has 0 atom stereocenters. The molecule has 0 amide bonds. The molecule has 0 saturated carbocycles. The Morgan fingerprint density at radius 1 is 1.24 bits per heavy atom. The second-order valence-electron chi connectivity index (χ2n) is 5.19. The Hall–Kier alpha value is -1.63. The van der Waals surface area contributed by atoms with Crippen molar-refractivity contribution >= 4 is 11.9 Å². The van der Waals surface area contributed by atoms with Crippen LogP contribution < -0.4 is 0 Å². The topological polar surface area (TPSA) is 17.1 Å². The number of hydrogen-bond acceptors (Lipinski definition) is 1. The molecule has 0 fully saturated rings. The van der Waals surface area contributed by atoms with Crippen LogP contribution in [0.15, 0.2) is 42.0 Å². The lowest BCUT2D eigenvalue weighted by atomic mass is 9.73. The highest BCUT2D eigenvalue weighted by Crippen LogP contribution is 2.40. The quantitative estimate of drug-likeness (QED) is 0.689. The van der Waals surface area contributed by atoms with Crippen LogP contribution in [0.2, 0.25) is 0 Å². The lowest BCUT2D eigenvalue weighted by Gasteiger charge is -2.30. The Morgan fingerprint density at radius 2 is 1.88 bits per heavy atom. The van der Waals surface area contributed by atoms with Gasteiger partial charge in [0.05, 0.1) is 0 Å². The van der Waals surface area contributed by atoms with Crippen LogP contribution in [0, 0.1) is 5.41 Å². The van der Waals surface area contributed by atoms with Crippen LogP contribution in [0.4, 0.5) is 0 Å². The first-order valence-corrected chi connectivity index (χ1v) is 6.02. The van der Waals surface area contributed by atoms with Crippen molar-refractivity contribution in [3.8, 4) is 0 Å². The number of ketones is 1. The van der Waals surface area contributed by atoms with E-state index in [1.807, 2.05) is 24.3 Å². The Bertz CT molecular complexity index is 518. The van der Waals surface area contributed by atoms with Crippen LogP contribution >= 0.6 is 0 Å². The van der Waals surface area contributed by atoms with Gasteiger partial charge in [0.1, 0.15) is 0 Å². The number of allylic oxidation sites excluding steroid dienone is 2. The zero-order valence-corrected chi connectivity index (χ0v) is 10.7. The largest absolute Gasteiger partial charge is 0.289 e. The van der Waals surface area contributed by atoms with Crippen LogP contribution in [0.1, 0.15) is 43.1 Å². The predicted molar refractivity (Wildman–Crippen MR) is 72.0 cm³/mol. The molecule has 1 aliphatic rings. The van der Waals surface area contributed by atoms with E-state index in [2.05, 4.69) is 33.4 Å². The van der Waals surface area contributed by atoms with Gasteiger partial charge in [-0.2, -0.15) is 0 Å². The van der Waals surface area contributed by atoms with Gasteiger partial charge in [-0.1, -0.05) is 51.6 Å². The van der Waals surface area contributed by atoms with Crippen molar-refractivity contribution in [3.05, 3.63) is 53.1 Å². The first-order valence-electron chi connectivity index (χ1n) is 6.02. The van der Waals surface area contributed by atoms with Gasteiger partial charge >= 0.3 is 0 Å². The maximum Gasteiger partial charge on any atom is 0.193 e. The van der Waals surface area contributed by atoms with Gasteiger partial charge in [-0.25, -0.2) is 0 Å². The molecular formula is C16H18O. The second-order valence-corrected chi connectivity index (χ2v) is 5.19. The molecule has 1 aliphatic carbocycles. The third-order valence-corrected chi connectivity index (χ3v) is 3.72. The van der Waals surface area contributed by atoms with Crippen LogP contribution in [0.25, 0.3) is 6.08 Å². The molecule has 0 unspecified atom stereocenters. The molecule has 0 aliphatic heterocycles. The predicted octanol–water partition coefficient (Wildman–Crippen LogP) is 4.26. The minimum Gasteiger partial charge on any atom is -0.289 e. The highest BCUT2D eigenvalue weighted by atomic mass is 16.1. The molecule has 0 radical (unpaired) electrons. The zero-order valence-electron chi connectivity index (χ0n) is 10.7. The second kappa shape index (κ2) is 3.99. The molecule has 1 nitrogen and oxygen atoms in total. The van der Waals surface area contributed by atoms with Crippen LogP contribution in [-0.4, -0.2) is 5.78 Å². The van der Waals surface area contributed by atoms with Crippen molar-refractivity contribution in [2.75, 3.05) is 0 Å². The molecular weight excluding hydrogens is 208 g/mol. The Labute approximate surface area is 103 Å². The molecule has 17 heavy (non-hydrogen) atoms. The average Bonchev–Trinajstić information content (AvgIpc) is 2.33. The van der Waals surface area contributed by atoms with Crippen molar-refractivity contribution in [1.29, 1.82) is 0 Å². The zero-order chi connectivity index (χ0) is 12.6. The summed E-state index contributed by atoms with van der Waals surface area (Å²) in [6.45, 7) is 10.4. The summed E-state index contributed by atoms with van der Waals surface area (Å²) >= 11 is 0. The van der Waals surface area contributed by atoms with Crippen LogP contribution in [0.3, 0.4) is 0 Å². The van der Waals surface area contributed by atoms with Gasteiger partial charge in [-0.15, -0.1) is 0 Å². The summed E-state index contributed by atoms with van der Waals surface area (Å²) in [5, 5.41) is 0. The normalized spacial score (nSPS) is 15.6. The first kappa shape index (κ1) is 11.8. The van der Waals surface area contributed by atoms with Crippen LogP contribution in [0.5, 0.6) is 0 Å². The third-order valence-electron chi connectivity index (χ3n) is 3.72. The summed E-state index contributed by atoms with van der Waals surface area (Å²) < 4.78 is 0. The smallest absolute Gasteiger partial charge is 0.193 e. The van der Waals surface area contributed by atoms with E-state index in [0.717, 1.165) is 23.1 Å². The average molecular weight is 226 g/mol. The fraction of sp³-hybridized carbons (Fsp3) is 0.312. The third kappa shape index (κ3) is 1.86. The Kier molecular flexibility index (Phi) is 2.78. The number of Topliss-reactive ketones (excluding diaryl/α,β-unsaturated/α-hetero) is 1. The molecule has 0 spiro atoms. The fourth-order valence-corrected chi connectivity index (χ4v) is 2.15. The van der Waals surface area contributed by atoms with Gasteiger partial charge in [-0.05, 0) is 29.0 Å². The van der Waals surface area contributed by atoms with Gasteiger partial charge in [-0.3, -0.25) is 4.79 Å². The standard InChI is InChI=1S/C16H18O/c1-5-16(3,4)14-10-12-8-6-7-9-13(12)15(17)11(14)2/h6-10H,2,5H2,1,3-4H3. The summed E-state index contributed by atoms with van der Waals surface area (Å²) in [4.78, 5) is 12.2. The highest BCUT2D eigenvalue weighted by molar-refractivity contribution is 6.16. The van der Waals surface area contributed by atoms with E-state index in [1.165, 1.54) is 0 Å². The van der Waals surface area contributed by atoms with E-state index in [4.69, 9.17) is 0 Å². The SMILES string of the molecule is C=C1C(=O)c2ccccc2C=C1C(C)(C)CC. The number of rotatable bonds is 2. The van der Waals surface area contributed by atoms with E-state index < -0.39 is 0 Å². The van der Waals surface area contributed by atoms with Crippen molar-refractivity contribution in [1.82, 2.24) is 0 Å². The summed E-state index contributed by atoms with van der Waals surface area (Å²) in [5.74, 6) is 0.0691. The van der Waals surface area contributed by atoms with Gasteiger partial charge in [0.15, 0.2) is 5.78 Å². The number of benzene rings is 1. The molecule has 1 aromatic carbocycles. The van der Waals surface area contributed by atoms with Crippen molar-refractivity contribution in [2.24, 2.45) is 5.41 Å². The molecule has 0 heterocycles. The molecule has 1 aromatic rings. The number of carbonyl (C=O) groups is 1. The van der Waals surface area contributed by atoms with E-state index in [0.29, 0.717) is 5.57 Å². The lowest BCUT2D eigenvalue weighted by Crippen LogP contribution is -2.22. The number of hydrogen-bond donors (Lipinski definition) is 0. The van der Waals surface area contributed by atoms with Crippen molar-refractivity contribution in [3.63, 3.8) is 0 Å². The van der Waals surface area contributed by atoms with Gasteiger partial charge in [0, 0.05) is 11.1 Å². The van der Waals surface area contributed by atoms with Crippen LogP contribution in [-0.2, 0) is 0 Å². The first-order chi connectivity index (χ1) is 7.97. The Morgan fingerprint density at radius 3 is 2.53 bits per heavy atom. The summed E-state index contributed by atoms with van der Waals surface area (Å²) in [6, 6.07) is 7.72. The van der Waals surface area contributed by atoms with E-state index >= 15 is 0 Å². The molecule has 88 valence electrons. The van der Waals surface area contributed by atoms with Gasteiger partial charge in [0.2, 0.25) is 0 Å². The molecule has 1 heteroatoms. The molecule has 0 saturated heterocycles. The van der Waals surface area contributed by atoms with Gasteiger partial charge in [0.25, 0.3) is 0 Å². The van der Waals surface area contributed by atoms with E-state index in [1.54, 1.807) is 0 Å². The minimum absolute atomic E-state index is 0.000273. The highest BCUT2D eigenvalue weighted by Gasteiger charge is 2.30. The maximum atomic E-state index is 12.2. The maximum absolute atomic E-state index is 12.2. The molecule has 0 bridgehead atoms. The summed E-state index contributed by atoms with van der Waals surface area (Å²) in [5.41, 5.74) is 3.51. The molecule has 0 aromatic heterocycles. The summed E-state index contributed by atoms with van der Waals surface area (Å²) in [7, 11) is 0. The van der Waals surface area contributed by atoms with Crippen molar-refractivity contribution < 1.29 is 4.79 Å². The fourth-order valence-electron chi connectivity index (χ4n) is 2.15. The number of carbonyl (C=O) groups excluding carboxylic acids is 1. The van der Waals surface area contributed by atoms with E-state index in [-0.39, 0.29) is 11.2 Å². The van der Waals surface area contributed by atoms with E-state index in [9.17, 15) is 4.79 Å². The summed E-state index contributed by atoms with van der Waals surface area (Å²) in [6.07, 6.45) is 3.11. The van der Waals surface area contributed by atoms with Crippen molar-refractivity contribution in [2.45, 2.75) is 27.2 Å².